The van der Waals surface area contributed by atoms with Gasteiger partial charge in [0, 0.05) is 43.8 Å². The molecule has 0 aromatic carbocycles. The van der Waals surface area contributed by atoms with Crippen molar-refractivity contribution in [3.63, 3.8) is 0 Å². The van der Waals surface area contributed by atoms with Crippen LogP contribution in [0.15, 0.2) is 35.1 Å². The lowest BCUT2D eigenvalue weighted by molar-refractivity contribution is 0.0485. The van der Waals surface area contributed by atoms with Gasteiger partial charge in [0.15, 0.2) is 5.82 Å². The van der Waals surface area contributed by atoms with Crippen molar-refractivity contribution in [3.05, 3.63) is 48.0 Å². The number of hydrogen-bond donors (Lipinski definition) is 1. The van der Waals surface area contributed by atoms with Gasteiger partial charge in [0.2, 0.25) is 5.89 Å². The minimum atomic E-state index is 0.0256. The molecule has 0 radical (unpaired) electrons. The number of imidazole rings is 1. The Morgan fingerprint density at radius 3 is 2.88 bits per heavy atom. The Labute approximate surface area is 152 Å². The van der Waals surface area contributed by atoms with Gasteiger partial charge < -0.3 is 13.7 Å². The fourth-order valence-electron chi connectivity index (χ4n) is 3.48. The van der Waals surface area contributed by atoms with Gasteiger partial charge in [0.25, 0.3) is 0 Å². The Balaban J connectivity index is 1.57. The highest BCUT2D eigenvalue weighted by atomic mass is 16.5. The van der Waals surface area contributed by atoms with Crippen LogP contribution in [0.3, 0.4) is 0 Å². The molecule has 1 saturated heterocycles. The molecule has 1 aliphatic rings. The van der Waals surface area contributed by atoms with E-state index in [0.717, 1.165) is 43.2 Å². The lowest BCUT2D eigenvalue weighted by Crippen LogP contribution is -2.32. The fourth-order valence-corrected chi connectivity index (χ4v) is 3.48. The average molecular weight is 355 g/mol. The van der Waals surface area contributed by atoms with Crippen molar-refractivity contribution in [1.29, 1.82) is 0 Å². The second-order valence-corrected chi connectivity index (χ2v) is 7.13. The Hall–Kier alpha value is -2.25. The second kappa shape index (κ2) is 7.55. The molecule has 138 valence electrons. The van der Waals surface area contributed by atoms with E-state index < -0.39 is 0 Å². The van der Waals surface area contributed by atoms with Gasteiger partial charge in [-0.2, -0.15) is 4.98 Å². The molecular formula is C19H25N5O2. The number of fused-ring (bicyclic) bond motifs is 1. The smallest absolute Gasteiger partial charge is 0.244 e. The van der Waals surface area contributed by atoms with E-state index in [1.54, 1.807) is 0 Å². The normalized spacial score (nSPS) is 17.2. The van der Waals surface area contributed by atoms with Crippen molar-refractivity contribution in [2.45, 2.75) is 45.2 Å². The number of pyridine rings is 1. The number of hydrogen-bond acceptors (Lipinski definition) is 6. The molecule has 1 aliphatic heterocycles. The fraction of sp³-hybridized carbons (Fsp3) is 0.526. The summed E-state index contributed by atoms with van der Waals surface area (Å²) in [7, 11) is 0. The molecule has 4 heterocycles. The van der Waals surface area contributed by atoms with Crippen LogP contribution in [0.4, 0.5) is 0 Å². The number of rotatable bonds is 6. The molecule has 26 heavy (non-hydrogen) atoms. The van der Waals surface area contributed by atoms with E-state index in [0.29, 0.717) is 18.4 Å². The molecule has 0 aliphatic carbocycles. The van der Waals surface area contributed by atoms with Gasteiger partial charge in [-0.15, -0.1) is 0 Å². The predicted octanol–water partition coefficient (Wildman–Crippen LogP) is 3.10. The molecule has 7 heteroatoms. The van der Waals surface area contributed by atoms with E-state index in [9.17, 15) is 0 Å². The van der Waals surface area contributed by atoms with Crippen molar-refractivity contribution in [1.82, 2.24) is 24.8 Å². The van der Waals surface area contributed by atoms with Gasteiger partial charge in [-0.25, -0.2) is 4.98 Å². The molecule has 1 atom stereocenters. The van der Waals surface area contributed by atoms with Crippen LogP contribution in [0, 0.1) is 5.92 Å². The topological polar surface area (TPSA) is 77.5 Å². The van der Waals surface area contributed by atoms with Crippen LogP contribution in [0.2, 0.25) is 0 Å². The third kappa shape index (κ3) is 3.50. The SMILES string of the molecule is CC(C)c1noc(C(NCc2cccc3nccn23)C2CCOCC2)n1. The Morgan fingerprint density at radius 2 is 2.12 bits per heavy atom. The zero-order valence-electron chi connectivity index (χ0n) is 15.3. The average Bonchev–Trinajstić information content (AvgIpc) is 3.33. The zero-order chi connectivity index (χ0) is 17.9. The van der Waals surface area contributed by atoms with Crippen molar-refractivity contribution in [2.24, 2.45) is 5.92 Å². The van der Waals surface area contributed by atoms with E-state index in [1.165, 1.54) is 0 Å². The summed E-state index contributed by atoms with van der Waals surface area (Å²) >= 11 is 0. The van der Waals surface area contributed by atoms with Crippen LogP contribution in [0.1, 0.15) is 56.1 Å². The lowest BCUT2D eigenvalue weighted by atomic mass is 9.91. The lowest BCUT2D eigenvalue weighted by Gasteiger charge is -2.28. The highest BCUT2D eigenvalue weighted by Crippen LogP contribution is 2.30. The van der Waals surface area contributed by atoms with Crippen LogP contribution in [0.25, 0.3) is 5.65 Å². The van der Waals surface area contributed by atoms with Gasteiger partial charge in [0.05, 0.1) is 6.04 Å². The monoisotopic (exact) mass is 355 g/mol. The molecule has 3 aromatic heterocycles. The van der Waals surface area contributed by atoms with Crippen molar-refractivity contribution < 1.29 is 9.26 Å². The Bertz CT molecular complexity index is 850. The van der Waals surface area contributed by atoms with E-state index in [2.05, 4.69) is 44.8 Å². The van der Waals surface area contributed by atoms with Crippen molar-refractivity contribution in [3.8, 4) is 0 Å². The summed E-state index contributed by atoms with van der Waals surface area (Å²) < 4.78 is 13.2. The first-order chi connectivity index (χ1) is 12.7. The van der Waals surface area contributed by atoms with Crippen LogP contribution >= 0.6 is 0 Å². The quantitative estimate of drug-likeness (QED) is 0.732. The van der Waals surface area contributed by atoms with Crippen LogP contribution < -0.4 is 5.32 Å². The maximum atomic E-state index is 5.62. The maximum Gasteiger partial charge on any atom is 0.244 e. The molecule has 1 N–H and O–H groups in total. The number of nitrogens with one attached hydrogen (secondary N) is 1. The van der Waals surface area contributed by atoms with Gasteiger partial charge >= 0.3 is 0 Å². The summed E-state index contributed by atoms with van der Waals surface area (Å²) in [5.41, 5.74) is 2.10. The van der Waals surface area contributed by atoms with Crippen LogP contribution in [-0.2, 0) is 11.3 Å². The van der Waals surface area contributed by atoms with E-state index in [1.807, 2.05) is 24.5 Å². The molecule has 0 saturated carbocycles. The zero-order valence-corrected chi connectivity index (χ0v) is 15.3. The second-order valence-electron chi connectivity index (χ2n) is 7.13. The summed E-state index contributed by atoms with van der Waals surface area (Å²) in [5, 5.41) is 7.81. The molecule has 1 unspecified atom stereocenters. The van der Waals surface area contributed by atoms with E-state index in [-0.39, 0.29) is 12.0 Å². The molecule has 3 aromatic rings. The molecule has 7 nitrogen and oxygen atoms in total. The highest BCUT2D eigenvalue weighted by molar-refractivity contribution is 5.39. The molecule has 1 fully saturated rings. The molecule has 0 amide bonds. The number of nitrogens with zero attached hydrogens (tertiary/aromatic N) is 4. The van der Waals surface area contributed by atoms with Crippen LogP contribution in [-0.4, -0.2) is 32.7 Å². The van der Waals surface area contributed by atoms with Gasteiger partial charge in [-0.3, -0.25) is 5.32 Å². The first-order valence-electron chi connectivity index (χ1n) is 9.28. The summed E-state index contributed by atoms with van der Waals surface area (Å²) in [6, 6.07) is 6.17. The minimum Gasteiger partial charge on any atom is -0.381 e. The summed E-state index contributed by atoms with van der Waals surface area (Å²) in [5.74, 6) is 2.11. The van der Waals surface area contributed by atoms with Gasteiger partial charge in [0.1, 0.15) is 5.65 Å². The van der Waals surface area contributed by atoms with Gasteiger partial charge in [-0.1, -0.05) is 25.1 Å². The standard InChI is InChI=1S/C19H25N5O2/c1-13(2)18-22-19(26-23-18)17(14-6-10-25-11-7-14)21-12-15-4-3-5-16-20-8-9-24(15)16/h3-5,8-9,13-14,17,21H,6-7,10-12H2,1-2H3. The van der Waals surface area contributed by atoms with E-state index in [4.69, 9.17) is 9.26 Å². The summed E-state index contributed by atoms with van der Waals surface area (Å²) in [4.78, 5) is 9.00. The first-order valence-corrected chi connectivity index (χ1v) is 9.28. The van der Waals surface area contributed by atoms with Crippen molar-refractivity contribution >= 4 is 5.65 Å². The van der Waals surface area contributed by atoms with E-state index >= 15 is 0 Å². The molecule has 0 spiro atoms. The highest BCUT2D eigenvalue weighted by Gasteiger charge is 2.30. The third-order valence-corrected chi connectivity index (χ3v) is 4.99. The summed E-state index contributed by atoms with van der Waals surface area (Å²) in [6.07, 6.45) is 5.79. The Morgan fingerprint density at radius 1 is 1.27 bits per heavy atom. The first kappa shape index (κ1) is 17.2. The molecular weight excluding hydrogens is 330 g/mol. The summed E-state index contributed by atoms with van der Waals surface area (Å²) in [6.45, 7) is 6.42. The predicted molar refractivity (Wildman–Crippen MR) is 96.7 cm³/mol. The number of ether oxygens (including phenoxy) is 1. The maximum absolute atomic E-state index is 5.62. The molecule has 4 rings (SSSR count). The Kier molecular flexibility index (Phi) is 4.99. The van der Waals surface area contributed by atoms with Crippen LogP contribution in [0.5, 0.6) is 0 Å². The molecule has 0 bridgehead atoms. The minimum absolute atomic E-state index is 0.0256. The largest absolute Gasteiger partial charge is 0.381 e. The van der Waals surface area contributed by atoms with Crippen molar-refractivity contribution in [2.75, 3.05) is 13.2 Å². The number of aromatic nitrogens is 4. The third-order valence-electron chi connectivity index (χ3n) is 4.99. The van der Waals surface area contributed by atoms with Gasteiger partial charge in [-0.05, 0) is 30.9 Å².